The van der Waals surface area contributed by atoms with E-state index in [1.54, 1.807) is 0 Å². The molecule has 0 bridgehead atoms. The third kappa shape index (κ3) is 5.10. The molecule has 3 N–H and O–H groups in total. The number of guanidine groups is 1. The van der Waals surface area contributed by atoms with E-state index in [1.165, 1.54) is 5.56 Å². The maximum atomic E-state index is 12.7. The van der Waals surface area contributed by atoms with Crippen molar-refractivity contribution in [3.63, 3.8) is 0 Å². The molecule has 1 unspecified atom stereocenters. The number of hydrogen-bond donors (Lipinski definition) is 3. The van der Waals surface area contributed by atoms with Gasteiger partial charge in [-0.05, 0) is 43.0 Å². The number of nitrogens with zero attached hydrogens (tertiary/aromatic N) is 2. The zero-order valence-electron chi connectivity index (χ0n) is 18.6. The summed E-state index contributed by atoms with van der Waals surface area (Å²) >= 11 is 0. The molecule has 7 nitrogen and oxygen atoms in total. The van der Waals surface area contributed by atoms with E-state index in [2.05, 4.69) is 28.1 Å². The fourth-order valence-corrected chi connectivity index (χ4v) is 4.39. The molecule has 0 radical (unpaired) electrons. The summed E-state index contributed by atoms with van der Waals surface area (Å²) in [6, 6.07) is 16.0. The average molecular weight is 434 g/mol. The molecule has 0 aromatic heterocycles. The average Bonchev–Trinajstić information content (AvgIpc) is 3.24. The first-order valence-electron chi connectivity index (χ1n) is 11.4. The van der Waals surface area contributed by atoms with Crippen LogP contribution in [0.15, 0.2) is 53.5 Å². The Balaban J connectivity index is 1.28. The lowest BCUT2D eigenvalue weighted by atomic mass is 9.91. The van der Waals surface area contributed by atoms with Gasteiger partial charge in [0.25, 0.3) is 0 Å². The monoisotopic (exact) mass is 433 g/mol. The fraction of sp³-hybridized carbons (Fsp3) is 0.400. The van der Waals surface area contributed by atoms with Crippen molar-refractivity contribution in [2.45, 2.75) is 38.5 Å². The Kier molecular flexibility index (Phi) is 7.04. The molecule has 0 saturated heterocycles. The Hall–Kier alpha value is -3.35. The van der Waals surface area contributed by atoms with Gasteiger partial charge in [0.1, 0.15) is 0 Å². The first-order chi connectivity index (χ1) is 15.7. The zero-order chi connectivity index (χ0) is 22.3. The first kappa shape index (κ1) is 21.9. The maximum absolute atomic E-state index is 12.7. The minimum atomic E-state index is 0.0314. The smallest absolute Gasteiger partial charge is 0.227 e. The summed E-state index contributed by atoms with van der Waals surface area (Å²) in [7, 11) is 0. The molecule has 32 heavy (non-hydrogen) atoms. The van der Waals surface area contributed by atoms with E-state index in [0.29, 0.717) is 25.9 Å². The van der Waals surface area contributed by atoms with Crippen molar-refractivity contribution in [3.8, 4) is 0 Å². The highest BCUT2D eigenvalue weighted by atomic mass is 16.2. The molecule has 2 aliphatic rings. The van der Waals surface area contributed by atoms with Crippen molar-refractivity contribution in [2.24, 2.45) is 4.99 Å². The van der Waals surface area contributed by atoms with Gasteiger partial charge in [0.15, 0.2) is 5.96 Å². The second kappa shape index (κ2) is 10.3. The molecule has 4 rings (SSSR count). The number of amides is 2. The summed E-state index contributed by atoms with van der Waals surface area (Å²) in [5, 5.41) is 9.51. The van der Waals surface area contributed by atoms with E-state index < -0.39 is 0 Å². The van der Waals surface area contributed by atoms with Crippen LogP contribution in [-0.4, -0.2) is 44.0 Å². The number of carbonyl (C=O) groups excluding carboxylic acids is 2. The summed E-state index contributed by atoms with van der Waals surface area (Å²) in [4.78, 5) is 31.3. The molecule has 2 amide bonds. The van der Waals surface area contributed by atoms with Gasteiger partial charge >= 0.3 is 0 Å². The van der Waals surface area contributed by atoms with E-state index in [4.69, 9.17) is 4.99 Å². The molecule has 2 aliphatic heterocycles. The van der Waals surface area contributed by atoms with Crippen molar-refractivity contribution in [2.75, 3.05) is 36.4 Å². The van der Waals surface area contributed by atoms with Gasteiger partial charge < -0.3 is 20.9 Å². The van der Waals surface area contributed by atoms with Crippen LogP contribution in [0.1, 0.15) is 43.2 Å². The minimum Gasteiger partial charge on any atom is -0.357 e. The summed E-state index contributed by atoms with van der Waals surface area (Å²) in [5.41, 5.74) is 4.31. The number of hydrogen-bond acceptors (Lipinski definition) is 3. The maximum Gasteiger partial charge on any atom is 0.227 e. The Morgan fingerprint density at radius 1 is 1.16 bits per heavy atom. The molecular weight excluding hydrogens is 402 g/mol. The molecule has 2 aromatic carbocycles. The van der Waals surface area contributed by atoms with Gasteiger partial charge in [-0.1, -0.05) is 36.4 Å². The number of fused-ring (bicyclic) bond motifs is 2. The molecule has 0 spiro atoms. The normalized spacial score (nSPS) is 17.4. The fourth-order valence-electron chi connectivity index (χ4n) is 4.39. The molecule has 2 aromatic rings. The lowest BCUT2D eigenvalue weighted by molar-refractivity contribution is -0.118. The van der Waals surface area contributed by atoms with Gasteiger partial charge in [0, 0.05) is 49.8 Å². The summed E-state index contributed by atoms with van der Waals surface area (Å²) < 4.78 is 0. The third-order valence-corrected chi connectivity index (χ3v) is 5.97. The Labute approximate surface area is 189 Å². The van der Waals surface area contributed by atoms with Crippen molar-refractivity contribution < 1.29 is 9.59 Å². The third-order valence-electron chi connectivity index (χ3n) is 5.97. The first-order valence-corrected chi connectivity index (χ1v) is 11.4. The second-order valence-electron chi connectivity index (χ2n) is 8.21. The van der Waals surface area contributed by atoms with Gasteiger partial charge in [0.05, 0.1) is 6.54 Å². The lowest BCUT2D eigenvalue weighted by Crippen LogP contribution is -2.39. The van der Waals surface area contributed by atoms with Crippen molar-refractivity contribution in [1.29, 1.82) is 0 Å². The van der Waals surface area contributed by atoms with E-state index in [1.807, 2.05) is 48.2 Å². The number of anilines is 2. The van der Waals surface area contributed by atoms with E-state index >= 15 is 0 Å². The van der Waals surface area contributed by atoms with Crippen molar-refractivity contribution in [1.82, 2.24) is 10.6 Å². The van der Waals surface area contributed by atoms with Gasteiger partial charge in [-0.25, -0.2) is 0 Å². The quantitative estimate of drug-likeness (QED) is 0.356. The SMILES string of the molecule is CCNC(=NCC1CC(=O)Nc2ccccc21)NCCCC(=O)N1CCc2ccccc21. The zero-order valence-corrected chi connectivity index (χ0v) is 18.6. The predicted molar refractivity (Wildman–Crippen MR) is 128 cm³/mol. The highest BCUT2D eigenvalue weighted by molar-refractivity contribution is 5.96. The molecule has 1 atom stereocenters. The molecule has 168 valence electrons. The molecule has 0 aliphatic carbocycles. The second-order valence-corrected chi connectivity index (χ2v) is 8.21. The Bertz CT molecular complexity index is 1000. The lowest BCUT2D eigenvalue weighted by Gasteiger charge is -2.24. The van der Waals surface area contributed by atoms with Crippen molar-refractivity contribution in [3.05, 3.63) is 59.7 Å². The number of nitrogens with one attached hydrogen (secondary N) is 3. The topological polar surface area (TPSA) is 85.8 Å². The summed E-state index contributed by atoms with van der Waals surface area (Å²) in [5.74, 6) is 0.981. The highest BCUT2D eigenvalue weighted by Crippen LogP contribution is 2.32. The summed E-state index contributed by atoms with van der Waals surface area (Å²) in [6.07, 6.45) is 2.60. The standard InChI is InChI=1S/C25H31N5O2/c1-2-26-25(28-17-19-16-23(31)29-21-10-5-4-9-20(19)21)27-14-7-12-24(32)30-15-13-18-8-3-6-11-22(18)30/h3-6,8-11,19H,2,7,12-17H2,1H3,(H,29,31)(H2,26,27,28). The number of rotatable bonds is 7. The summed E-state index contributed by atoms with van der Waals surface area (Å²) in [6.45, 7) is 4.73. The molecular formula is C25H31N5O2. The Morgan fingerprint density at radius 3 is 2.84 bits per heavy atom. The van der Waals surface area contributed by atoms with Gasteiger partial charge in [0.2, 0.25) is 11.8 Å². The van der Waals surface area contributed by atoms with Crippen LogP contribution < -0.4 is 20.9 Å². The van der Waals surface area contributed by atoms with Crippen LogP contribution in [0, 0.1) is 0 Å². The van der Waals surface area contributed by atoms with Crippen LogP contribution in [0.25, 0.3) is 0 Å². The number of benzene rings is 2. The molecule has 0 saturated carbocycles. The van der Waals surface area contributed by atoms with Gasteiger partial charge in [-0.3, -0.25) is 14.6 Å². The van der Waals surface area contributed by atoms with Gasteiger partial charge in [-0.15, -0.1) is 0 Å². The molecule has 0 fully saturated rings. The minimum absolute atomic E-state index is 0.0314. The number of para-hydroxylation sites is 2. The van der Waals surface area contributed by atoms with Crippen LogP contribution in [-0.2, 0) is 16.0 Å². The van der Waals surface area contributed by atoms with Crippen LogP contribution in [0.2, 0.25) is 0 Å². The molecule has 7 heteroatoms. The van der Waals surface area contributed by atoms with Gasteiger partial charge in [-0.2, -0.15) is 0 Å². The number of aliphatic imine (C=N–C) groups is 1. The van der Waals surface area contributed by atoms with Crippen LogP contribution in [0.3, 0.4) is 0 Å². The number of carbonyl (C=O) groups is 2. The van der Waals surface area contributed by atoms with E-state index in [9.17, 15) is 9.59 Å². The highest BCUT2D eigenvalue weighted by Gasteiger charge is 2.25. The van der Waals surface area contributed by atoms with E-state index in [-0.39, 0.29) is 17.7 Å². The Morgan fingerprint density at radius 2 is 1.97 bits per heavy atom. The largest absolute Gasteiger partial charge is 0.357 e. The van der Waals surface area contributed by atoms with Crippen LogP contribution >= 0.6 is 0 Å². The molecule has 2 heterocycles. The predicted octanol–water partition coefficient (Wildman–Crippen LogP) is 3.04. The van der Waals surface area contributed by atoms with Crippen molar-refractivity contribution >= 4 is 29.1 Å². The van der Waals surface area contributed by atoms with E-state index in [0.717, 1.165) is 48.8 Å². The van der Waals surface area contributed by atoms with Crippen LogP contribution in [0.4, 0.5) is 11.4 Å². The van der Waals surface area contributed by atoms with Crippen LogP contribution in [0.5, 0.6) is 0 Å².